The zero-order valence-corrected chi connectivity index (χ0v) is 21.0. The number of carbonyl (C=O) groups is 2. The van der Waals surface area contributed by atoms with Crippen LogP contribution in [-0.4, -0.2) is 65.3 Å². The van der Waals surface area contributed by atoms with Gasteiger partial charge in [-0.15, -0.1) is 11.8 Å². The standard InChI is InChI=1S/C27H32N4O3S/c1-34-27(33)24-21-15-31(16-22(21)24)23-9-8-20(25(29-23)35-19-6-2-3-7-19)26(32)30-12-10-18(14-30)17-5-4-11-28-13-17/h4-5,8-9,11,13,18-19,21-22,24H,2-3,6-7,10,12,14-16H2,1H3/t18?,21-,22+,24?. The number of pyridine rings is 2. The van der Waals surface area contributed by atoms with Gasteiger partial charge in [0.1, 0.15) is 10.8 Å². The molecule has 0 radical (unpaired) electrons. The van der Waals surface area contributed by atoms with Gasteiger partial charge in [0.25, 0.3) is 5.91 Å². The van der Waals surface area contributed by atoms with E-state index < -0.39 is 0 Å². The summed E-state index contributed by atoms with van der Waals surface area (Å²) in [5.41, 5.74) is 1.93. The summed E-state index contributed by atoms with van der Waals surface area (Å²) in [4.78, 5) is 39.1. The fraction of sp³-hybridized carbons (Fsp3) is 0.556. The molecular formula is C27H32N4O3S. The number of hydrogen-bond acceptors (Lipinski definition) is 7. The highest BCUT2D eigenvalue weighted by Crippen LogP contribution is 2.53. The second kappa shape index (κ2) is 9.45. The summed E-state index contributed by atoms with van der Waals surface area (Å²) in [6, 6.07) is 8.06. The van der Waals surface area contributed by atoms with Crippen molar-refractivity contribution in [2.45, 2.75) is 48.3 Å². The molecule has 2 aromatic heterocycles. The van der Waals surface area contributed by atoms with Crippen LogP contribution >= 0.6 is 11.8 Å². The van der Waals surface area contributed by atoms with Crippen molar-refractivity contribution in [3.05, 3.63) is 47.8 Å². The molecule has 2 aromatic rings. The molecule has 1 amide bonds. The van der Waals surface area contributed by atoms with E-state index in [4.69, 9.17) is 9.72 Å². The molecule has 0 N–H and O–H groups in total. The lowest BCUT2D eigenvalue weighted by atomic mass is 10.0. The highest BCUT2D eigenvalue weighted by atomic mass is 32.2. The maximum Gasteiger partial charge on any atom is 0.309 e. The number of thioether (sulfide) groups is 1. The number of piperidine rings is 1. The van der Waals surface area contributed by atoms with Gasteiger partial charge in [0.2, 0.25) is 0 Å². The minimum Gasteiger partial charge on any atom is -0.469 e. The summed E-state index contributed by atoms with van der Waals surface area (Å²) in [5, 5.41) is 1.40. The van der Waals surface area contributed by atoms with E-state index in [1.54, 1.807) is 18.0 Å². The highest BCUT2D eigenvalue weighted by Gasteiger charge is 2.60. The SMILES string of the molecule is COC(=O)C1[C@H]2CN(c3ccc(C(=O)N4CCC(c5cccnc5)C4)c(SC4CCCC4)n3)C[C@@H]12. The largest absolute Gasteiger partial charge is 0.469 e. The molecule has 4 fully saturated rings. The first-order chi connectivity index (χ1) is 17.1. The Bertz CT molecular complexity index is 1090. The third-order valence-corrected chi connectivity index (χ3v) is 9.62. The van der Waals surface area contributed by atoms with Gasteiger partial charge in [-0.25, -0.2) is 4.98 Å². The zero-order chi connectivity index (χ0) is 23.9. The van der Waals surface area contributed by atoms with Gasteiger partial charge in [-0.1, -0.05) is 18.9 Å². The second-order valence-electron chi connectivity index (χ2n) is 10.4. The van der Waals surface area contributed by atoms with Gasteiger partial charge in [-0.05, 0) is 54.9 Å². The summed E-state index contributed by atoms with van der Waals surface area (Å²) >= 11 is 1.79. The number of rotatable bonds is 6. The van der Waals surface area contributed by atoms with Gasteiger partial charge in [0, 0.05) is 49.7 Å². The van der Waals surface area contributed by atoms with E-state index in [9.17, 15) is 9.59 Å². The summed E-state index contributed by atoms with van der Waals surface area (Å²) in [6.07, 6.45) is 9.56. The first kappa shape index (κ1) is 22.8. The maximum absolute atomic E-state index is 13.7. The van der Waals surface area contributed by atoms with E-state index >= 15 is 0 Å². The molecule has 4 heterocycles. The van der Waals surface area contributed by atoms with Crippen LogP contribution in [0.5, 0.6) is 0 Å². The number of fused-ring (bicyclic) bond motifs is 1. The summed E-state index contributed by atoms with van der Waals surface area (Å²) in [6.45, 7) is 3.15. The minimum atomic E-state index is -0.0822. The number of likely N-dealkylation sites (tertiary alicyclic amines) is 1. The number of carbonyl (C=O) groups excluding carboxylic acids is 2. The first-order valence-electron chi connectivity index (χ1n) is 12.8. The van der Waals surface area contributed by atoms with E-state index in [2.05, 4.69) is 16.0 Å². The van der Waals surface area contributed by atoms with Crippen LogP contribution in [0.3, 0.4) is 0 Å². The van der Waals surface area contributed by atoms with Gasteiger partial charge in [0.15, 0.2) is 0 Å². The van der Waals surface area contributed by atoms with Crippen LogP contribution in [0, 0.1) is 17.8 Å². The van der Waals surface area contributed by atoms with Gasteiger partial charge in [0.05, 0.1) is 18.6 Å². The smallest absolute Gasteiger partial charge is 0.309 e. The zero-order valence-electron chi connectivity index (χ0n) is 20.1. The molecule has 6 rings (SSSR count). The normalized spacial score (nSPS) is 27.8. The van der Waals surface area contributed by atoms with Crippen molar-refractivity contribution >= 4 is 29.5 Å². The lowest BCUT2D eigenvalue weighted by molar-refractivity contribution is -0.142. The lowest BCUT2D eigenvalue weighted by Crippen LogP contribution is -2.30. The Balaban J connectivity index is 1.20. The molecule has 2 aliphatic carbocycles. The van der Waals surface area contributed by atoms with Crippen LogP contribution < -0.4 is 4.90 Å². The molecule has 0 bridgehead atoms. The van der Waals surface area contributed by atoms with Crippen LogP contribution in [0.15, 0.2) is 41.7 Å². The van der Waals surface area contributed by atoms with Gasteiger partial charge in [-0.2, -0.15) is 0 Å². The first-order valence-corrected chi connectivity index (χ1v) is 13.7. The third kappa shape index (κ3) is 4.41. The molecule has 4 aliphatic rings. The van der Waals surface area contributed by atoms with E-state index in [1.165, 1.54) is 38.4 Å². The van der Waals surface area contributed by atoms with E-state index in [0.717, 1.165) is 49.0 Å². The quantitative estimate of drug-likeness (QED) is 0.564. The number of nitrogens with zero attached hydrogens (tertiary/aromatic N) is 4. The fourth-order valence-corrected chi connectivity index (χ4v) is 7.54. The van der Waals surface area contributed by atoms with Crippen LogP contribution in [0.4, 0.5) is 5.82 Å². The Kier molecular flexibility index (Phi) is 6.16. The van der Waals surface area contributed by atoms with E-state index in [1.807, 2.05) is 29.3 Å². The predicted molar refractivity (Wildman–Crippen MR) is 135 cm³/mol. The van der Waals surface area contributed by atoms with Crippen molar-refractivity contribution in [3.63, 3.8) is 0 Å². The molecule has 2 saturated carbocycles. The Morgan fingerprint density at radius 3 is 2.57 bits per heavy atom. The van der Waals surface area contributed by atoms with Gasteiger partial charge >= 0.3 is 5.97 Å². The molecule has 7 nitrogen and oxygen atoms in total. The van der Waals surface area contributed by atoms with Crippen molar-refractivity contribution in [1.29, 1.82) is 0 Å². The molecule has 2 aliphatic heterocycles. The van der Waals surface area contributed by atoms with Crippen molar-refractivity contribution in [3.8, 4) is 0 Å². The molecule has 0 spiro atoms. The molecule has 2 saturated heterocycles. The second-order valence-corrected chi connectivity index (χ2v) is 11.6. The molecular weight excluding hydrogens is 460 g/mol. The Hall–Kier alpha value is -2.61. The number of anilines is 1. The third-order valence-electron chi connectivity index (χ3n) is 8.28. The average Bonchev–Trinajstić information content (AvgIpc) is 3.40. The number of ether oxygens (including phenoxy) is 1. The highest BCUT2D eigenvalue weighted by molar-refractivity contribution is 7.99. The Morgan fingerprint density at radius 1 is 1.06 bits per heavy atom. The topological polar surface area (TPSA) is 75.6 Å². The molecule has 35 heavy (non-hydrogen) atoms. The molecule has 184 valence electrons. The summed E-state index contributed by atoms with van der Waals surface area (Å²) in [7, 11) is 1.47. The average molecular weight is 493 g/mol. The number of hydrogen-bond donors (Lipinski definition) is 0. The maximum atomic E-state index is 13.7. The van der Waals surface area contributed by atoms with E-state index in [0.29, 0.717) is 23.0 Å². The van der Waals surface area contributed by atoms with Crippen LogP contribution in [0.1, 0.15) is 53.9 Å². The van der Waals surface area contributed by atoms with Crippen molar-refractivity contribution in [2.24, 2.45) is 17.8 Å². The van der Waals surface area contributed by atoms with Gasteiger partial charge in [-0.3, -0.25) is 14.6 Å². The number of amides is 1. The van der Waals surface area contributed by atoms with Crippen molar-refractivity contribution in [1.82, 2.24) is 14.9 Å². The van der Waals surface area contributed by atoms with Gasteiger partial charge < -0.3 is 14.5 Å². The van der Waals surface area contributed by atoms with Crippen LogP contribution in [0.25, 0.3) is 0 Å². The molecule has 8 heteroatoms. The monoisotopic (exact) mass is 492 g/mol. The van der Waals surface area contributed by atoms with Crippen LogP contribution in [0.2, 0.25) is 0 Å². The van der Waals surface area contributed by atoms with Crippen LogP contribution in [-0.2, 0) is 9.53 Å². The molecule has 0 aromatic carbocycles. The van der Waals surface area contributed by atoms with E-state index in [-0.39, 0.29) is 17.8 Å². The number of methoxy groups -OCH3 is 1. The Morgan fingerprint density at radius 2 is 1.86 bits per heavy atom. The minimum absolute atomic E-state index is 0.0485. The fourth-order valence-electron chi connectivity index (χ4n) is 6.23. The predicted octanol–water partition coefficient (Wildman–Crippen LogP) is 4.00. The van der Waals surface area contributed by atoms with Crippen molar-refractivity contribution in [2.75, 3.05) is 38.2 Å². The number of esters is 1. The Labute approximate surface area is 210 Å². The van der Waals surface area contributed by atoms with Crippen molar-refractivity contribution < 1.29 is 14.3 Å². The summed E-state index contributed by atoms with van der Waals surface area (Å²) < 4.78 is 4.95. The number of aromatic nitrogens is 2. The molecule has 2 unspecified atom stereocenters. The summed E-state index contributed by atoms with van der Waals surface area (Å²) in [5.74, 6) is 2.05. The molecule has 4 atom stereocenters. The lowest BCUT2D eigenvalue weighted by Gasteiger charge is -2.24.